The minimum atomic E-state index is 0.278. The number of rotatable bonds is 2. The molecule has 0 unspecified atom stereocenters. The van der Waals surface area contributed by atoms with Crippen molar-refractivity contribution >= 4 is 5.69 Å². The van der Waals surface area contributed by atoms with Crippen molar-refractivity contribution in [2.24, 2.45) is 0 Å². The zero-order chi connectivity index (χ0) is 9.10. The summed E-state index contributed by atoms with van der Waals surface area (Å²) in [5, 5.41) is 12.3. The van der Waals surface area contributed by atoms with Crippen LogP contribution < -0.4 is 5.32 Å². The Morgan fingerprint density at radius 1 is 1.38 bits per heavy atom. The Bertz CT molecular complexity index is 285. The molecule has 0 saturated carbocycles. The molecule has 2 nitrogen and oxygen atoms in total. The summed E-state index contributed by atoms with van der Waals surface area (Å²) in [6.07, 6.45) is 3.12. The molecule has 0 amide bonds. The molecule has 1 aromatic rings. The molecule has 1 aliphatic rings. The minimum Gasteiger partial charge on any atom is -0.396 e. The molecule has 1 atom stereocenters. The van der Waals surface area contributed by atoms with Crippen LogP contribution in [0.4, 0.5) is 5.69 Å². The van der Waals surface area contributed by atoms with Gasteiger partial charge in [0, 0.05) is 18.3 Å². The van der Waals surface area contributed by atoms with Gasteiger partial charge in [0.05, 0.1) is 0 Å². The number of aliphatic hydroxyl groups is 1. The van der Waals surface area contributed by atoms with Gasteiger partial charge in [0.25, 0.3) is 0 Å². The number of benzene rings is 1. The summed E-state index contributed by atoms with van der Waals surface area (Å²) in [7, 11) is 0. The van der Waals surface area contributed by atoms with Crippen molar-refractivity contribution in [2.45, 2.75) is 25.3 Å². The number of nitrogens with one attached hydrogen (secondary N) is 1. The van der Waals surface area contributed by atoms with Gasteiger partial charge in [-0.25, -0.2) is 0 Å². The second-order valence-corrected chi connectivity index (χ2v) is 3.55. The molecule has 1 aromatic carbocycles. The van der Waals surface area contributed by atoms with Crippen LogP contribution in [-0.4, -0.2) is 17.8 Å². The van der Waals surface area contributed by atoms with Gasteiger partial charge in [-0.05, 0) is 30.9 Å². The van der Waals surface area contributed by atoms with E-state index in [0.717, 1.165) is 19.3 Å². The molecular formula is C11H15NO. The van der Waals surface area contributed by atoms with Crippen LogP contribution in [-0.2, 0) is 6.42 Å². The Kier molecular flexibility index (Phi) is 2.50. The van der Waals surface area contributed by atoms with Crippen LogP contribution in [0.1, 0.15) is 18.4 Å². The second-order valence-electron chi connectivity index (χ2n) is 3.55. The highest BCUT2D eigenvalue weighted by Crippen LogP contribution is 2.25. The van der Waals surface area contributed by atoms with Crippen LogP contribution in [0, 0.1) is 0 Å². The number of hydrogen-bond acceptors (Lipinski definition) is 2. The SMILES string of the molecule is OCC[C@H]1CCc2ccccc2N1. The number of fused-ring (bicyclic) bond motifs is 1. The van der Waals surface area contributed by atoms with E-state index in [9.17, 15) is 0 Å². The highest BCUT2D eigenvalue weighted by molar-refractivity contribution is 5.53. The summed E-state index contributed by atoms with van der Waals surface area (Å²) in [6.45, 7) is 0.278. The van der Waals surface area contributed by atoms with Crippen LogP contribution in [0.3, 0.4) is 0 Å². The standard InChI is InChI=1S/C11H15NO/c13-8-7-10-6-5-9-3-1-2-4-11(9)12-10/h1-4,10,12-13H,5-8H2/t10-/m1/s1. The van der Waals surface area contributed by atoms with E-state index in [0.29, 0.717) is 6.04 Å². The topological polar surface area (TPSA) is 32.3 Å². The van der Waals surface area contributed by atoms with Crippen LogP contribution >= 0.6 is 0 Å². The van der Waals surface area contributed by atoms with Gasteiger partial charge in [-0.2, -0.15) is 0 Å². The van der Waals surface area contributed by atoms with Crippen molar-refractivity contribution in [2.75, 3.05) is 11.9 Å². The third kappa shape index (κ3) is 1.83. The average molecular weight is 177 g/mol. The first kappa shape index (κ1) is 8.57. The fraction of sp³-hybridized carbons (Fsp3) is 0.455. The zero-order valence-electron chi connectivity index (χ0n) is 7.66. The Morgan fingerprint density at radius 3 is 3.08 bits per heavy atom. The highest BCUT2D eigenvalue weighted by Gasteiger charge is 2.15. The normalized spacial score (nSPS) is 20.5. The smallest absolute Gasteiger partial charge is 0.0450 e. The first-order chi connectivity index (χ1) is 6.40. The summed E-state index contributed by atoms with van der Waals surface area (Å²) in [6, 6.07) is 8.86. The lowest BCUT2D eigenvalue weighted by Crippen LogP contribution is -2.26. The maximum absolute atomic E-state index is 8.83. The molecule has 1 aliphatic heterocycles. The molecule has 2 rings (SSSR count). The van der Waals surface area contributed by atoms with Crippen LogP contribution in [0.15, 0.2) is 24.3 Å². The quantitative estimate of drug-likeness (QED) is 0.722. The van der Waals surface area contributed by atoms with Crippen molar-refractivity contribution in [3.05, 3.63) is 29.8 Å². The molecule has 0 spiro atoms. The lowest BCUT2D eigenvalue weighted by atomic mass is 9.97. The summed E-state index contributed by atoms with van der Waals surface area (Å²) in [4.78, 5) is 0. The average Bonchev–Trinajstić information content (AvgIpc) is 2.18. The molecule has 0 saturated heterocycles. The van der Waals surface area contributed by atoms with Gasteiger partial charge in [-0.3, -0.25) is 0 Å². The van der Waals surface area contributed by atoms with Crippen molar-refractivity contribution in [3.63, 3.8) is 0 Å². The van der Waals surface area contributed by atoms with E-state index in [4.69, 9.17) is 5.11 Å². The molecule has 0 aromatic heterocycles. The molecule has 13 heavy (non-hydrogen) atoms. The lowest BCUT2D eigenvalue weighted by molar-refractivity contribution is 0.276. The number of hydrogen-bond donors (Lipinski definition) is 2. The van der Waals surface area contributed by atoms with Crippen molar-refractivity contribution in [1.82, 2.24) is 0 Å². The van der Waals surface area contributed by atoms with Gasteiger partial charge in [0.2, 0.25) is 0 Å². The van der Waals surface area contributed by atoms with E-state index in [1.165, 1.54) is 11.3 Å². The Balaban J connectivity index is 2.11. The number of para-hydroxylation sites is 1. The summed E-state index contributed by atoms with van der Waals surface area (Å²) < 4.78 is 0. The molecule has 2 N–H and O–H groups in total. The Morgan fingerprint density at radius 2 is 2.23 bits per heavy atom. The van der Waals surface area contributed by atoms with Gasteiger partial charge in [-0.1, -0.05) is 18.2 Å². The molecule has 0 aliphatic carbocycles. The van der Waals surface area contributed by atoms with E-state index in [2.05, 4.69) is 23.5 Å². The van der Waals surface area contributed by atoms with E-state index in [1.807, 2.05) is 6.07 Å². The number of anilines is 1. The fourth-order valence-corrected chi connectivity index (χ4v) is 1.87. The molecule has 1 heterocycles. The monoisotopic (exact) mass is 177 g/mol. The van der Waals surface area contributed by atoms with Gasteiger partial charge in [0.1, 0.15) is 0 Å². The largest absolute Gasteiger partial charge is 0.396 e. The second kappa shape index (κ2) is 3.79. The first-order valence-electron chi connectivity index (χ1n) is 4.85. The van der Waals surface area contributed by atoms with Crippen LogP contribution in [0.2, 0.25) is 0 Å². The maximum atomic E-state index is 8.83. The minimum absolute atomic E-state index is 0.278. The fourth-order valence-electron chi connectivity index (χ4n) is 1.87. The van der Waals surface area contributed by atoms with Gasteiger partial charge < -0.3 is 10.4 Å². The predicted octanol–water partition coefficient (Wildman–Crippen LogP) is 1.80. The summed E-state index contributed by atoms with van der Waals surface area (Å²) in [5.74, 6) is 0. The van der Waals surface area contributed by atoms with Crippen molar-refractivity contribution in [3.8, 4) is 0 Å². The number of aliphatic hydroxyl groups excluding tert-OH is 1. The molecule has 70 valence electrons. The number of aryl methyl sites for hydroxylation is 1. The van der Waals surface area contributed by atoms with Gasteiger partial charge >= 0.3 is 0 Å². The van der Waals surface area contributed by atoms with Crippen LogP contribution in [0.25, 0.3) is 0 Å². The summed E-state index contributed by atoms with van der Waals surface area (Å²) >= 11 is 0. The van der Waals surface area contributed by atoms with Gasteiger partial charge in [-0.15, -0.1) is 0 Å². The highest BCUT2D eigenvalue weighted by atomic mass is 16.3. The van der Waals surface area contributed by atoms with Crippen molar-refractivity contribution in [1.29, 1.82) is 0 Å². The van der Waals surface area contributed by atoms with Gasteiger partial charge in [0.15, 0.2) is 0 Å². The first-order valence-corrected chi connectivity index (χ1v) is 4.85. The van der Waals surface area contributed by atoms with E-state index >= 15 is 0 Å². The molecular weight excluding hydrogens is 162 g/mol. The Labute approximate surface area is 78.6 Å². The summed E-state index contributed by atoms with van der Waals surface area (Å²) in [5.41, 5.74) is 2.64. The third-order valence-electron chi connectivity index (χ3n) is 2.62. The van der Waals surface area contributed by atoms with E-state index < -0.39 is 0 Å². The maximum Gasteiger partial charge on any atom is 0.0450 e. The van der Waals surface area contributed by atoms with E-state index in [-0.39, 0.29) is 6.61 Å². The molecule has 2 heteroatoms. The Hall–Kier alpha value is -1.02. The van der Waals surface area contributed by atoms with E-state index in [1.54, 1.807) is 0 Å². The lowest BCUT2D eigenvalue weighted by Gasteiger charge is -2.26. The van der Waals surface area contributed by atoms with Crippen LogP contribution in [0.5, 0.6) is 0 Å². The molecule has 0 bridgehead atoms. The third-order valence-corrected chi connectivity index (χ3v) is 2.62. The predicted molar refractivity (Wildman–Crippen MR) is 53.9 cm³/mol. The van der Waals surface area contributed by atoms with Crippen molar-refractivity contribution < 1.29 is 5.11 Å². The molecule has 0 fully saturated rings. The zero-order valence-corrected chi connectivity index (χ0v) is 7.66. The molecule has 0 radical (unpaired) electrons.